The van der Waals surface area contributed by atoms with E-state index in [0.29, 0.717) is 11.6 Å². The summed E-state index contributed by atoms with van der Waals surface area (Å²) < 4.78 is 36.8. The van der Waals surface area contributed by atoms with Crippen LogP contribution in [0.5, 0.6) is 0 Å². The minimum Gasteiger partial charge on any atom is -0.342 e. The number of hydrogen-bond donors (Lipinski definition) is 0. The average molecular weight is 286 g/mol. The van der Waals surface area contributed by atoms with Gasteiger partial charge in [-0.25, -0.2) is 4.98 Å². The highest BCUT2D eigenvalue weighted by Crippen LogP contribution is 2.24. The van der Waals surface area contributed by atoms with Crippen molar-refractivity contribution in [2.24, 2.45) is 0 Å². The van der Waals surface area contributed by atoms with Gasteiger partial charge < -0.3 is 4.90 Å². The normalized spacial score (nSPS) is 11.6. The summed E-state index contributed by atoms with van der Waals surface area (Å²) in [6.45, 7) is -0.981. The van der Waals surface area contributed by atoms with Crippen LogP contribution in [0.1, 0.15) is 11.3 Å². The second kappa shape index (κ2) is 5.61. The zero-order valence-electron chi connectivity index (χ0n) is 10.3. The first-order valence-electron chi connectivity index (χ1n) is 5.70. The Morgan fingerprint density at radius 1 is 1.21 bits per heavy atom. The monoisotopic (exact) mass is 286 g/mol. The van der Waals surface area contributed by atoms with Crippen molar-refractivity contribution in [3.05, 3.63) is 47.0 Å². The molecule has 0 aliphatic rings. The Bertz CT molecular complexity index is 522. The van der Waals surface area contributed by atoms with Crippen molar-refractivity contribution >= 4 is 16.5 Å². The van der Waals surface area contributed by atoms with E-state index < -0.39 is 12.7 Å². The van der Waals surface area contributed by atoms with Gasteiger partial charge in [-0.05, 0) is 5.56 Å². The van der Waals surface area contributed by atoms with Crippen molar-refractivity contribution in [1.29, 1.82) is 0 Å². The lowest BCUT2D eigenvalue weighted by Crippen LogP contribution is -2.30. The SMILES string of the molecule is CN(CC(F)(F)F)c1nc(Cc2ccccc2)cs1. The van der Waals surface area contributed by atoms with Crippen molar-refractivity contribution in [1.82, 2.24) is 4.98 Å². The molecule has 0 spiro atoms. The van der Waals surface area contributed by atoms with Crippen LogP contribution in [-0.4, -0.2) is 24.8 Å². The molecule has 1 aromatic heterocycles. The Balaban J connectivity index is 2.03. The summed E-state index contributed by atoms with van der Waals surface area (Å²) in [5.74, 6) is 0. The molecule has 0 radical (unpaired) electrons. The molecule has 0 saturated carbocycles. The maximum absolute atomic E-state index is 12.3. The Hall–Kier alpha value is -1.56. The minimum atomic E-state index is -4.21. The molecule has 102 valence electrons. The molecule has 0 amide bonds. The van der Waals surface area contributed by atoms with Crippen LogP contribution in [0.15, 0.2) is 35.7 Å². The third-order valence-electron chi connectivity index (χ3n) is 2.51. The molecule has 0 atom stereocenters. The van der Waals surface area contributed by atoms with Gasteiger partial charge in [0.2, 0.25) is 0 Å². The number of aromatic nitrogens is 1. The van der Waals surface area contributed by atoms with E-state index in [4.69, 9.17) is 0 Å². The Labute approximate surface area is 113 Å². The molecule has 2 rings (SSSR count). The van der Waals surface area contributed by atoms with Gasteiger partial charge in [0.05, 0.1) is 5.69 Å². The van der Waals surface area contributed by atoms with Crippen molar-refractivity contribution < 1.29 is 13.2 Å². The van der Waals surface area contributed by atoms with Crippen LogP contribution in [0.25, 0.3) is 0 Å². The maximum Gasteiger partial charge on any atom is 0.405 e. The molecule has 0 unspecified atom stereocenters. The maximum atomic E-state index is 12.3. The van der Waals surface area contributed by atoms with Crippen molar-refractivity contribution in [3.63, 3.8) is 0 Å². The lowest BCUT2D eigenvalue weighted by Gasteiger charge is -2.17. The third kappa shape index (κ3) is 4.24. The minimum absolute atomic E-state index is 0.392. The molecular weight excluding hydrogens is 273 g/mol. The molecule has 0 saturated heterocycles. The fraction of sp³-hybridized carbons (Fsp3) is 0.308. The zero-order chi connectivity index (χ0) is 13.9. The van der Waals surface area contributed by atoms with Gasteiger partial charge >= 0.3 is 6.18 Å². The number of hydrogen-bond acceptors (Lipinski definition) is 3. The smallest absolute Gasteiger partial charge is 0.342 e. The molecule has 2 aromatic rings. The standard InChI is InChI=1S/C13H13F3N2S/c1-18(9-13(14,15)16)12-17-11(8-19-12)7-10-5-3-2-4-6-10/h2-6,8H,7,9H2,1H3. The molecule has 1 heterocycles. The largest absolute Gasteiger partial charge is 0.405 e. The van der Waals surface area contributed by atoms with Crippen LogP contribution in [0.3, 0.4) is 0 Å². The first-order chi connectivity index (χ1) is 8.94. The van der Waals surface area contributed by atoms with Crippen molar-refractivity contribution in [2.45, 2.75) is 12.6 Å². The van der Waals surface area contributed by atoms with E-state index in [1.165, 1.54) is 18.4 Å². The topological polar surface area (TPSA) is 16.1 Å². The van der Waals surface area contributed by atoms with E-state index >= 15 is 0 Å². The molecule has 0 bridgehead atoms. The highest BCUT2D eigenvalue weighted by atomic mass is 32.1. The fourth-order valence-electron chi connectivity index (χ4n) is 1.69. The summed E-state index contributed by atoms with van der Waals surface area (Å²) in [6.07, 6.45) is -3.57. The number of benzene rings is 1. The quantitative estimate of drug-likeness (QED) is 0.851. The first kappa shape index (κ1) is 13.9. The number of thiazole rings is 1. The summed E-state index contributed by atoms with van der Waals surface area (Å²) >= 11 is 1.23. The lowest BCUT2D eigenvalue weighted by atomic mass is 10.1. The molecule has 0 fully saturated rings. The van der Waals surface area contributed by atoms with E-state index in [-0.39, 0.29) is 0 Å². The summed E-state index contributed by atoms with van der Waals surface area (Å²) in [6, 6.07) is 9.72. The highest BCUT2D eigenvalue weighted by molar-refractivity contribution is 7.13. The van der Waals surface area contributed by atoms with Crippen LogP contribution in [0.4, 0.5) is 18.3 Å². The molecule has 0 aliphatic carbocycles. The van der Waals surface area contributed by atoms with Crippen LogP contribution < -0.4 is 4.90 Å². The van der Waals surface area contributed by atoms with Crippen molar-refractivity contribution in [3.8, 4) is 0 Å². The van der Waals surface area contributed by atoms with E-state index in [9.17, 15) is 13.2 Å². The van der Waals surface area contributed by atoms with Gasteiger partial charge in [-0.2, -0.15) is 13.2 Å². The number of halogens is 3. The fourth-order valence-corrected chi connectivity index (χ4v) is 2.49. The molecule has 1 aromatic carbocycles. The van der Waals surface area contributed by atoms with E-state index in [1.807, 2.05) is 30.3 Å². The zero-order valence-corrected chi connectivity index (χ0v) is 11.1. The van der Waals surface area contributed by atoms with Crippen molar-refractivity contribution in [2.75, 3.05) is 18.5 Å². The van der Waals surface area contributed by atoms with Gasteiger partial charge in [0.1, 0.15) is 6.54 Å². The summed E-state index contributed by atoms with van der Waals surface area (Å²) in [4.78, 5) is 5.36. The molecule has 6 heteroatoms. The van der Waals surface area contributed by atoms with Gasteiger partial charge in [-0.15, -0.1) is 11.3 Å². The summed E-state index contributed by atoms with van der Waals surface area (Å²) in [7, 11) is 1.40. The summed E-state index contributed by atoms with van der Waals surface area (Å²) in [5, 5.41) is 2.19. The van der Waals surface area contributed by atoms with E-state index in [1.54, 1.807) is 5.38 Å². The highest BCUT2D eigenvalue weighted by Gasteiger charge is 2.30. The number of alkyl halides is 3. The van der Waals surface area contributed by atoms with Gasteiger partial charge in [-0.3, -0.25) is 0 Å². The number of anilines is 1. The Morgan fingerprint density at radius 2 is 1.89 bits per heavy atom. The predicted molar refractivity (Wildman–Crippen MR) is 70.7 cm³/mol. The average Bonchev–Trinajstić information content (AvgIpc) is 2.77. The Kier molecular flexibility index (Phi) is 4.09. The Morgan fingerprint density at radius 3 is 2.53 bits per heavy atom. The summed E-state index contributed by atoms with van der Waals surface area (Å²) in [5.41, 5.74) is 1.89. The van der Waals surface area contributed by atoms with Crippen LogP contribution in [-0.2, 0) is 6.42 Å². The predicted octanol–water partition coefficient (Wildman–Crippen LogP) is 3.73. The van der Waals surface area contributed by atoms with E-state index in [0.717, 1.165) is 16.2 Å². The van der Waals surface area contributed by atoms with Crippen LogP contribution in [0.2, 0.25) is 0 Å². The molecule has 2 nitrogen and oxygen atoms in total. The second-order valence-corrected chi connectivity index (χ2v) is 5.09. The van der Waals surface area contributed by atoms with Gasteiger partial charge in [0, 0.05) is 18.8 Å². The number of rotatable bonds is 4. The molecule has 19 heavy (non-hydrogen) atoms. The lowest BCUT2D eigenvalue weighted by molar-refractivity contribution is -0.119. The van der Waals surface area contributed by atoms with Crippen LogP contribution >= 0.6 is 11.3 Å². The second-order valence-electron chi connectivity index (χ2n) is 4.26. The van der Waals surface area contributed by atoms with Gasteiger partial charge in [0.15, 0.2) is 5.13 Å². The van der Waals surface area contributed by atoms with Crippen LogP contribution in [0, 0.1) is 0 Å². The molecule has 0 aliphatic heterocycles. The van der Waals surface area contributed by atoms with E-state index in [2.05, 4.69) is 4.98 Å². The number of nitrogens with zero attached hydrogens (tertiary/aromatic N) is 2. The third-order valence-corrected chi connectivity index (χ3v) is 3.51. The van der Waals surface area contributed by atoms with Gasteiger partial charge in [-0.1, -0.05) is 30.3 Å². The molecular formula is C13H13F3N2S. The van der Waals surface area contributed by atoms with Gasteiger partial charge in [0.25, 0.3) is 0 Å². The molecule has 0 N–H and O–H groups in total. The first-order valence-corrected chi connectivity index (χ1v) is 6.58.